The van der Waals surface area contributed by atoms with Gasteiger partial charge in [0.1, 0.15) is 18.3 Å². The van der Waals surface area contributed by atoms with E-state index < -0.39 is 51.9 Å². The number of H-pyrrole nitrogens is 1. The van der Waals surface area contributed by atoms with Crippen LogP contribution in [0.25, 0.3) is 0 Å². The van der Waals surface area contributed by atoms with Gasteiger partial charge in [0, 0.05) is 18.3 Å². The summed E-state index contributed by atoms with van der Waals surface area (Å²) < 4.78 is 49.7. The Morgan fingerprint density at radius 2 is 1.96 bits per heavy atom. The van der Waals surface area contributed by atoms with Crippen molar-refractivity contribution in [2.75, 3.05) is 6.61 Å². The zero-order chi connectivity index (χ0) is 20.0. The minimum atomic E-state index is -3.96. The van der Waals surface area contributed by atoms with Crippen LogP contribution in [-0.4, -0.2) is 54.7 Å². The van der Waals surface area contributed by atoms with Gasteiger partial charge in [0.2, 0.25) is 0 Å². The predicted molar refractivity (Wildman–Crippen MR) is 92.2 cm³/mol. The SMILES string of the molecule is CC(C)NS(=O)(=O)OC[C@H]1O[C@@H](n2ccc(=O)[nH]c2=O)C2OC(C)(C)OC21. The molecule has 0 amide bonds. The molecule has 4 atom stereocenters. The van der Waals surface area contributed by atoms with Crippen molar-refractivity contribution in [3.8, 4) is 0 Å². The molecule has 11 nitrogen and oxygen atoms in total. The fourth-order valence-electron chi connectivity index (χ4n) is 3.12. The molecule has 0 bridgehead atoms. The molecule has 12 heteroatoms. The molecule has 27 heavy (non-hydrogen) atoms. The molecular weight excluding hydrogens is 382 g/mol. The third-order valence-corrected chi connectivity index (χ3v) is 5.22. The molecule has 0 aromatic carbocycles. The standard InChI is InChI=1S/C15H23N3O8S/c1-8(2)17-27(21,22)23-7-9-11-12(26-15(3,4)25-11)13(24-9)18-6-5-10(19)16-14(18)20/h5-6,8-9,11-13,17H,7H2,1-4H3,(H,16,19,20)/t9-,11?,12?,13-/m1/s1. The van der Waals surface area contributed by atoms with Crippen LogP contribution in [0.15, 0.2) is 21.9 Å². The number of aromatic nitrogens is 2. The molecule has 152 valence electrons. The third kappa shape index (κ3) is 4.47. The van der Waals surface area contributed by atoms with E-state index in [2.05, 4.69) is 9.71 Å². The number of hydrogen-bond donors (Lipinski definition) is 2. The first-order valence-corrected chi connectivity index (χ1v) is 9.87. The second-order valence-electron chi connectivity index (χ2n) is 7.16. The highest BCUT2D eigenvalue weighted by Gasteiger charge is 2.56. The number of aromatic amines is 1. The van der Waals surface area contributed by atoms with Gasteiger partial charge in [-0.1, -0.05) is 0 Å². The number of nitrogens with zero attached hydrogens (tertiary/aromatic N) is 1. The van der Waals surface area contributed by atoms with Crippen LogP contribution in [0.2, 0.25) is 0 Å². The van der Waals surface area contributed by atoms with Crippen molar-refractivity contribution >= 4 is 10.3 Å². The fraction of sp³-hybridized carbons (Fsp3) is 0.733. The molecule has 0 spiro atoms. The van der Waals surface area contributed by atoms with Gasteiger partial charge in [-0.3, -0.25) is 18.5 Å². The van der Waals surface area contributed by atoms with E-state index in [1.165, 1.54) is 16.8 Å². The van der Waals surface area contributed by atoms with Gasteiger partial charge >= 0.3 is 16.0 Å². The monoisotopic (exact) mass is 405 g/mol. The minimum absolute atomic E-state index is 0.322. The van der Waals surface area contributed by atoms with Gasteiger partial charge in [-0.15, -0.1) is 0 Å². The first-order chi connectivity index (χ1) is 12.5. The van der Waals surface area contributed by atoms with Crippen molar-refractivity contribution in [2.45, 2.75) is 64.1 Å². The van der Waals surface area contributed by atoms with Crippen molar-refractivity contribution < 1.29 is 26.8 Å². The van der Waals surface area contributed by atoms with Crippen molar-refractivity contribution in [1.29, 1.82) is 0 Å². The van der Waals surface area contributed by atoms with E-state index in [4.69, 9.17) is 18.4 Å². The summed E-state index contributed by atoms with van der Waals surface area (Å²) in [5.74, 6) is -0.948. The van der Waals surface area contributed by atoms with Crippen LogP contribution in [0.3, 0.4) is 0 Å². The van der Waals surface area contributed by atoms with Crippen LogP contribution in [0.5, 0.6) is 0 Å². The van der Waals surface area contributed by atoms with Gasteiger partial charge in [-0.05, 0) is 27.7 Å². The molecule has 2 fully saturated rings. The zero-order valence-electron chi connectivity index (χ0n) is 15.4. The molecule has 3 rings (SSSR count). The Morgan fingerprint density at radius 3 is 2.59 bits per heavy atom. The van der Waals surface area contributed by atoms with Crippen LogP contribution in [0.4, 0.5) is 0 Å². The number of nitrogens with one attached hydrogen (secondary N) is 2. The Kier molecular flexibility index (Phi) is 5.31. The number of ether oxygens (including phenoxy) is 3. The predicted octanol–water partition coefficient (Wildman–Crippen LogP) is -0.786. The first-order valence-electron chi connectivity index (χ1n) is 8.47. The highest BCUT2D eigenvalue weighted by atomic mass is 32.2. The molecule has 0 saturated carbocycles. The number of hydrogen-bond acceptors (Lipinski definition) is 8. The molecule has 1 aromatic rings. The van der Waals surface area contributed by atoms with E-state index >= 15 is 0 Å². The summed E-state index contributed by atoms with van der Waals surface area (Å²) in [4.78, 5) is 25.6. The molecule has 2 saturated heterocycles. The van der Waals surface area contributed by atoms with Crippen LogP contribution in [0, 0.1) is 0 Å². The molecule has 3 heterocycles. The third-order valence-electron chi connectivity index (χ3n) is 4.02. The lowest BCUT2D eigenvalue weighted by molar-refractivity contribution is -0.199. The van der Waals surface area contributed by atoms with Crippen LogP contribution in [0.1, 0.15) is 33.9 Å². The second kappa shape index (κ2) is 7.11. The lowest BCUT2D eigenvalue weighted by Gasteiger charge is -2.24. The average molecular weight is 405 g/mol. The summed E-state index contributed by atoms with van der Waals surface area (Å²) in [7, 11) is -3.96. The smallest absolute Gasteiger partial charge is 0.336 e. The van der Waals surface area contributed by atoms with Crippen molar-refractivity contribution in [3.63, 3.8) is 0 Å². The Hall–Kier alpha value is -1.57. The van der Waals surface area contributed by atoms with E-state index in [0.29, 0.717) is 0 Å². The normalized spacial score (nSPS) is 30.0. The van der Waals surface area contributed by atoms with E-state index in [1.54, 1.807) is 27.7 Å². The summed E-state index contributed by atoms with van der Waals surface area (Å²) in [6.45, 7) is 6.41. The first kappa shape index (κ1) is 20.2. The summed E-state index contributed by atoms with van der Waals surface area (Å²) in [5.41, 5.74) is -1.21. The summed E-state index contributed by atoms with van der Waals surface area (Å²) in [6, 6.07) is 0.853. The summed E-state index contributed by atoms with van der Waals surface area (Å²) in [5, 5.41) is 0. The zero-order valence-corrected chi connectivity index (χ0v) is 16.2. The maximum absolute atomic E-state index is 12.1. The molecule has 0 radical (unpaired) electrons. The number of rotatable bonds is 6. The number of fused-ring (bicyclic) bond motifs is 1. The maximum atomic E-state index is 12.1. The molecule has 2 aliphatic heterocycles. The van der Waals surface area contributed by atoms with Crippen LogP contribution in [-0.2, 0) is 28.7 Å². The Morgan fingerprint density at radius 1 is 1.30 bits per heavy atom. The Bertz CT molecular complexity index is 906. The Balaban J connectivity index is 1.82. The second-order valence-corrected chi connectivity index (χ2v) is 8.54. The van der Waals surface area contributed by atoms with Gasteiger partial charge in [0.25, 0.3) is 5.56 Å². The van der Waals surface area contributed by atoms with Crippen LogP contribution < -0.4 is 16.0 Å². The topological polar surface area (TPSA) is 138 Å². The van der Waals surface area contributed by atoms with E-state index in [1.807, 2.05) is 0 Å². The largest absolute Gasteiger partial charge is 0.346 e. The van der Waals surface area contributed by atoms with Gasteiger partial charge in [-0.25, -0.2) is 4.79 Å². The van der Waals surface area contributed by atoms with Crippen LogP contribution >= 0.6 is 0 Å². The van der Waals surface area contributed by atoms with Crippen molar-refractivity contribution in [1.82, 2.24) is 14.3 Å². The van der Waals surface area contributed by atoms with Crippen molar-refractivity contribution in [2.24, 2.45) is 0 Å². The molecule has 2 unspecified atom stereocenters. The van der Waals surface area contributed by atoms with Gasteiger partial charge in [-0.2, -0.15) is 13.1 Å². The molecule has 2 aliphatic rings. The molecule has 0 aliphatic carbocycles. The van der Waals surface area contributed by atoms with E-state index in [0.717, 1.165) is 0 Å². The van der Waals surface area contributed by atoms with Gasteiger partial charge in [0.05, 0.1) is 6.61 Å². The highest BCUT2D eigenvalue weighted by Crippen LogP contribution is 2.42. The summed E-state index contributed by atoms with van der Waals surface area (Å²) in [6.07, 6.45) is -1.76. The van der Waals surface area contributed by atoms with Gasteiger partial charge in [0.15, 0.2) is 12.0 Å². The lowest BCUT2D eigenvalue weighted by atomic mass is 10.1. The minimum Gasteiger partial charge on any atom is -0.346 e. The molecule has 2 N–H and O–H groups in total. The van der Waals surface area contributed by atoms with Crippen molar-refractivity contribution in [3.05, 3.63) is 33.1 Å². The maximum Gasteiger partial charge on any atom is 0.336 e. The van der Waals surface area contributed by atoms with E-state index in [9.17, 15) is 18.0 Å². The molecule has 1 aromatic heterocycles. The molecular formula is C15H23N3O8S. The van der Waals surface area contributed by atoms with Gasteiger partial charge < -0.3 is 14.2 Å². The fourth-order valence-corrected chi connectivity index (χ4v) is 4.08. The van der Waals surface area contributed by atoms with E-state index in [-0.39, 0.29) is 12.6 Å². The summed E-state index contributed by atoms with van der Waals surface area (Å²) >= 11 is 0. The average Bonchev–Trinajstić information content (AvgIpc) is 2.98. The highest BCUT2D eigenvalue weighted by molar-refractivity contribution is 7.84. The lowest BCUT2D eigenvalue weighted by Crippen LogP contribution is -2.37. The quantitative estimate of drug-likeness (QED) is 0.628. The Labute approximate surface area is 155 Å².